The lowest BCUT2D eigenvalue weighted by Gasteiger charge is -2.02. The molecule has 0 fully saturated rings. The number of rotatable bonds is 2. The standard InChI is InChI=1S/C12H11N5/c1-13-10-5-3-9(4-6-10)11-15-16-12-14-7-2-8-17(11)12/h2-8,13H,1H3. The van der Waals surface area contributed by atoms with Crippen molar-refractivity contribution in [1.82, 2.24) is 19.6 Å². The number of fused-ring (bicyclic) bond motifs is 1. The third-order valence-corrected chi connectivity index (χ3v) is 2.62. The number of hydrogen-bond acceptors (Lipinski definition) is 4. The van der Waals surface area contributed by atoms with Gasteiger partial charge >= 0.3 is 0 Å². The second-order valence-electron chi connectivity index (χ2n) is 3.64. The third kappa shape index (κ3) is 1.61. The van der Waals surface area contributed by atoms with Gasteiger partial charge in [-0.3, -0.25) is 4.40 Å². The average molecular weight is 225 g/mol. The van der Waals surface area contributed by atoms with Crippen LogP contribution >= 0.6 is 0 Å². The van der Waals surface area contributed by atoms with Crippen molar-refractivity contribution in [2.75, 3.05) is 12.4 Å². The first-order valence-corrected chi connectivity index (χ1v) is 5.32. The lowest BCUT2D eigenvalue weighted by molar-refractivity contribution is 1.10. The summed E-state index contributed by atoms with van der Waals surface area (Å²) in [4.78, 5) is 4.14. The van der Waals surface area contributed by atoms with Gasteiger partial charge in [-0.15, -0.1) is 10.2 Å². The summed E-state index contributed by atoms with van der Waals surface area (Å²) in [5.74, 6) is 1.41. The molecule has 0 saturated heterocycles. The predicted molar refractivity (Wildman–Crippen MR) is 65.8 cm³/mol. The second kappa shape index (κ2) is 3.86. The van der Waals surface area contributed by atoms with E-state index in [-0.39, 0.29) is 0 Å². The molecule has 1 N–H and O–H groups in total. The van der Waals surface area contributed by atoms with Crippen molar-refractivity contribution < 1.29 is 0 Å². The van der Waals surface area contributed by atoms with Gasteiger partial charge in [-0.2, -0.15) is 0 Å². The molecular formula is C12H11N5. The zero-order valence-electron chi connectivity index (χ0n) is 9.33. The molecule has 17 heavy (non-hydrogen) atoms. The summed E-state index contributed by atoms with van der Waals surface area (Å²) < 4.78 is 1.87. The molecule has 5 nitrogen and oxygen atoms in total. The van der Waals surface area contributed by atoms with E-state index in [0.717, 1.165) is 17.1 Å². The molecule has 0 saturated carbocycles. The van der Waals surface area contributed by atoms with E-state index >= 15 is 0 Å². The van der Waals surface area contributed by atoms with Crippen molar-refractivity contribution in [3.8, 4) is 11.4 Å². The summed E-state index contributed by atoms with van der Waals surface area (Å²) in [5.41, 5.74) is 2.09. The quantitative estimate of drug-likeness (QED) is 0.723. The van der Waals surface area contributed by atoms with Crippen molar-refractivity contribution in [2.24, 2.45) is 0 Å². The average Bonchev–Trinajstić information content (AvgIpc) is 2.83. The van der Waals surface area contributed by atoms with Crippen LogP contribution in [0.2, 0.25) is 0 Å². The van der Waals surface area contributed by atoms with Gasteiger partial charge in [0.2, 0.25) is 0 Å². The molecule has 0 atom stereocenters. The summed E-state index contributed by atoms with van der Waals surface area (Å²) in [6.45, 7) is 0. The highest BCUT2D eigenvalue weighted by atomic mass is 15.3. The maximum absolute atomic E-state index is 4.15. The Morgan fingerprint density at radius 3 is 2.71 bits per heavy atom. The third-order valence-electron chi connectivity index (χ3n) is 2.62. The first-order valence-electron chi connectivity index (χ1n) is 5.32. The van der Waals surface area contributed by atoms with Crippen LogP contribution in [0, 0.1) is 0 Å². The van der Waals surface area contributed by atoms with E-state index in [1.165, 1.54) is 0 Å². The number of nitrogens with zero attached hydrogens (tertiary/aromatic N) is 4. The van der Waals surface area contributed by atoms with E-state index in [4.69, 9.17) is 0 Å². The van der Waals surface area contributed by atoms with Crippen LogP contribution in [-0.4, -0.2) is 26.6 Å². The highest BCUT2D eigenvalue weighted by molar-refractivity contribution is 5.61. The van der Waals surface area contributed by atoms with Crippen LogP contribution in [0.1, 0.15) is 0 Å². The second-order valence-corrected chi connectivity index (χ2v) is 3.64. The van der Waals surface area contributed by atoms with Crippen molar-refractivity contribution in [3.63, 3.8) is 0 Å². The van der Waals surface area contributed by atoms with Crippen LogP contribution in [0.3, 0.4) is 0 Å². The van der Waals surface area contributed by atoms with Gasteiger partial charge in [-0.05, 0) is 30.3 Å². The molecule has 0 aliphatic carbocycles. The SMILES string of the molecule is CNc1ccc(-c2nnc3ncccn23)cc1. The van der Waals surface area contributed by atoms with Gasteiger partial charge < -0.3 is 5.32 Å². The zero-order valence-corrected chi connectivity index (χ0v) is 9.33. The van der Waals surface area contributed by atoms with Gasteiger partial charge in [0.15, 0.2) is 5.82 Å². The lowest BCUT2D eigenvalue weighted by atomic mass is 10.2. The Hall–Kier alpha value is -2.43. The number of nitrogens with one attached hydrogen (secondary N) is 1. The molecule has 3 rings (SSSR count). The fraction of sp³-hybridized carbons (Fsp3) is 0.0833. The Morgan fingerprint density at radius 1 is 1.12 bits per heavy atom. The summed E-state index contributed by atoms with van der Waals surface area (Å²) in [5, 5.41) is 11.3. The van der Waals surface area contributed by atoms with E-state index in [1.54, 1.807) is 6.20 Å². The fourth-order valence-electron chi connectivity index (χ4n) is 1.73. The van der Waals surface area contributed by atoms with E-state index in [0.29, 0.717) is 5.78 Å². The molecular weight excluding hydrogens is 214 g/mol. The maximum Gasteiger partial charge on any atom is 0.255 e. The molecule has 5 heteroatoms. The van der Waals surface area contributed by atoms with Gasteiger partial charge in [0, 0.05) is 30.7 Å². The molecule has 0 spiro atoms. The van der Waals surface area contributed by atoms with E-state index in [9.17, 15) is 0 Å². The number of aromatic nitrogens is 4. The topological polar surface area (TPSA) is 55.1 Å². The predicted octanol–water partition coefficient (Wildman–Crippen LogP) is 1.83. The molecule has 84 valence electrons. The minimum Gasteiger partial charge on any atom is -0.388 e. The summed E-state index contributed by atoms with van der Waals surface area (Å²) >= 11 is 0. The Kier molecular flexibility index (Phi) is 2.22. The number of benzene rings is 1. The van der Waals surface area contributed by atoms with Crippen LogP contribution in [0.25, 0.3) is 17.2 Å². The number of anilines is 1. The van der Waals surface area contributed by atoms with Crippen LogP contribution in [0.15, 0.2) is 42.7 Å². The highest BCUT2D eigenvalue weighted by Crippen LogP contribution is 2.19. The van der Waals surface area contributed by atoms with Gasteiger partial charge in [-0.1, -0.05) is 0 Å². The van der Waals surface area contributed by atoms with E-state index in [1.807, 2.05) is 48.0 Å². The molecule has 0 radical (unpaired) electrons. The van der Waals surface area contributed by atoms with Crippen molar-refractivity contribution in [1.29, 1.82) is 0 Å². The highest BCUT2D eigenvalue weighted by Gasteiger charge is 2.07. The first kappa shape index (κ1) is 9.77. The molecule has 0 aliphatic heterocycles. The molecule has 0 bridgehead atoms. The monoisotopic (exact) mass is 225 g/mol. The fourth-order valence-corrected chi connectivity index (χ4v) is 1.73. The molecule has 2 aromatic heterocycles. The molecule has 0 amide bonds. The Labute approximate surface area is 98.1 Å². The van der Waals surface area contributed by atoms with Crippen LogP contribution in [-0.2, 0) is 0 Å². The van der Waals surface area contributed by atoms with Gasteiger partial charge in [0.05, 0.1) is 0 Å². The van der Waals surface area contributed by atoms with Gasteiger partial charge in [0.25, 0.3) is 5.78 Å². The summed E-state index contributed by atoms with van der Waals surface area (Å²) in [6.07, 6.45) is 3.61. The molecule has 1 aromatic carbocycles. The van der Waals surface area contributed by atoms with Crippen LogP contribution < -0.4 is 5.32 Å². The Balaban J connectivity index is 2.13. The minimum absolute atomic E-state index is 0.611. The molecule has 0 unspecified atom stereocenters. The van der Waals surface area contributed by atoms with E-state index < -0.39 is 0 Å². The Morgan fingerprint density at radius 2 is 1.94 bits per heavy atom. The number of hydrogen-bond donors (Lipinski definition) is 1. The zero-order chi connectivity index (χ0) is 11.7. The molecule has 3 aromatic rings. The summed E-state index contributed by atoms with van der Waals surface area (Å²) in [6, 6.07) is 9.89. The minimum atomic E-state index is 0.611. The van der Waals surface area contributed by atoms with Crippen molar-refractivity contribution in [3.05, 3.63) is 42.7 Å². The first-order chi connectivity index (χ1) is 8.38. The summed E-state index contributed by atoms with van der Waals surface area (Å²) in [7, 11) is 1.89. The largest absolute Gasteiger partial charge is 0.388 e. The molecule has 0 aliphatic rings. The lowest BCUT2D eigenvalue weighted by Crippen LogP contribution is -1.91. The Bertz CT molecular complexity index is 641. The van der Waals surface area contributed by atoms with Crippen molar-refractivity contribution >= 4 is 11.5 Å². The molecule has 2 heterocycles. The van der Waals surface area contributed by atoms with Gasteiger partial charge in [-0.25, -0.2) is 4.98 Å². The van der Waals surface area contributed by atoms with Gasteiger partial charge in [0.1, 0.15) is 0 Å². The normalized spacial score (nSPS) is 10.6. The smallest absolute Gasteiger partial charge is 0.255 e. The van der Waals surface area contributed by atoms with Crippen LogP contribution in [0.4, 0.5) is 5.69 Å². The van der Waals surface area contributed by atoms with E-state index in [2.05, 4.69) is 20.5 Å². The van der Waals surface area contributed by atoms with Crippen molar-refractivity contribution in [2.45, 2.75) is 0 Å². The van der Waals surface area contributed by atoms with Crippen LogP contribution in [0.5, 0.6) is 0 Å². The maximum atomic E-state index is 4.15.